The maximum Gasteiger partial charge on any atom is 0.227 e. The van der Waals surface area contributed by atoms with Gasteiger partial charge in [-0.2, -0.15) is 4.57 Å². The second-order valence-electron chi connectivity index (χ2n) is 12.9. The zero-order chi connectivity index (χ0) is 31.4. The van der Waals surface area contributed by atoms with E-state index in [4.69, 9.17) is 12.3 Å². The Morgan fingerprint density at radius 2 is 1.62 bits per heavy atom. The van der Waals surface area contributed by atoms with E-state index >= 15 is 0 Å². The molecule has 2 aromatic carbocycles. The molecule has 1 fully saturated rings. The topological polar surface area (TPSA) is 42.8 Å². The third-order valence-electron chi connectivity index (χ3n) is 9.24. The van der Waals surface area contributed by atoms with Crippen molar-refractivity contribution in [3.05, 3.63) is 114 Å². The van der Waals surface area contributed by atoms with Gasteiger partial charge in [-0.1, -0.05) is 102 Å². The Morgan fingerprint density at radius 1 is 0.889 bits per heavy atom. The van der Waals surface area contributed by atoms with Gasteiger partial charge >= 0.3 is 0 Å². The van der Waals surface area contributed by atoms with Crippen LogP contribution in [0.25, 0.3) is 44.6 Å². The highest BCUT2D eigenvalue weighted by Gasteiger charge is 2.35. The van der Waals surface area contributed by atoms with Gasteiger partial charge in [0.2, 0.25) is 11.4 Å². The lowest BCUT2D eigenvalue weighted by molar-refractivity contribution is -0.672. The van der Waals surface area contributed by atoms with E-state index in [0.717, 1.165) is 64.3 Å². The summed E-state index contributed by atoms with van der Waals surface area (Å²) in [5, 5.41) is 2.03. The molecule has 2 radical (unpaired) electrons. The van der Waals surface area contributed by atoms with Gasteiger partial charge in [-0.15, -0.1) is 0 Å². The van der Waals surface area contributed by atoms with E-state index < -0.39 is 0 Å². The van der Waals surface area contributed by atoms with Crippen LogP contribution in [0.2, 0.25) is 0 Å². The standard InChI is InChI=1S/C24H22BN2O.C11H9N.C5H12/c1-15-5-7-19-18-8-6-16-14-27-12-9-17(24(25)10-3-2-4-11-24)13-20(27)21(16)22(18)28-23(19)26-15;1-2-6-10(7-3-1)11-8-4-5-9-12-11;1-4-5(2)3/h5-9,12-13H,2-4,10-11,14H2,1H3;1-9H;5H,4H2,1-3H3/q+1;;. The SMILES string of the molecule is CCC(C)C.[B]C1(c2cc[n+]3c(c2)-c2c(ccc4c2oc2nc(C)ccc24)C3)CCCCC1.c1ccc(-c2ccccn2)cc1. The van der Waals surface area contributed by atoms with Crippen molar-refractivity contribution >= 4 is 29.9 Å². The molecule has 1 aliphatic carbocycles. The third-order valence-corrected chi connectivity index (χ3v) is 9.24. The number of aryl methyl sites for hydroxylation is 1. The van der Waals surface area contributed by atoms with Crippen LogP contribution < -0.4 is 4.57 Å². The summed E-state index contributed by atoms with van der Waals surface area (Å²) in [6, 6.07) is 29.2. The van der Waals surface area contributed by atoms with Gasteiger partial charge in [0.05, 0.1) is 19.1 Å². The summed E-state index contributed by atoms with van der Waals surface area (Å²) in [6.45, 7) is 9.52. The van der Waals surface area contributed by atoms with Crippen molar-refractivity contribution in [2.24, 2.45) is 5.92 Å². The van der Waals surface area contributed by atoms with Crippen LogP contribution in [-0.2, 0) is 11.9 Å². The van der Waals surface area contributed by atoms with Gasteiger partial charge in [-0.3, -0.25) is 4.98 Å². The highest BCUT2D eigenvalue weighted by Crippen LogP contribution is 2.42. The molecular formula is C40H43BN3O+. The molecule has 226 valence electrons. The average Bonchev–Trinajstić information content (AvgIpc) is 3.63. The lowest BCUT2D eigenvalue weighted by atomic mass is 9.57. The first-order valence-electron chi connectivity index (χ1n) is 16.5. The molecule has 0 N–H and O–H groups in total. The van der Waals surface area contributed by atoms with Gasteiger partial charge < -0.3 is 4.42 Å². The van der Waals surface area contributed by atoms with E-state index in [1.54, 1.807) is 0 Å². The van der Waals surface area contributed by atoms with Crippen molar-refractivity contribution in [2.45, 2.75) is 78.1 Å². The predicted molar refractivity (Wildman–Crippen MR) is 186 cm³/mol. The number of hydrogen-bond acceptors (Lipinski definition) is 3. The van der Waals surface area contributed by atoms with Crippen molar-refractivity contribution in [2.75, 3.05) is 0 Å². The van der Waals surface area contributed by atoms with Gasteiger partial charge in [-0.05, 0) is 54.1 Å². The van der Waals surface area contributed by atoms with Gasteiger partial charge in [-0.25, -0.2) is 4.98 Å². The molecule has 1 aliphatic heterocycles. The van der Waals surface area contributed by atoms with E-state index in [1.807, 2.05) is 55.6 Å². The van der Waals surface area contributed by atoms with Crippen LogP contribution in [-0.4, -0.2) is 17.8 Å². The number of rotatable bonds is 3. The minimum absolute atomic E-state index is 0.197. The molecule has 1 saturated carbocycles. The van der Waals surface area contributed by atoms with Crippen molar-refractivity contribution in [3.8, 4) is 22.5 Å². The summed E-state index contributed by atoms with van der Waals surface area (Å²) in [7, 11) is 6.84. The van der Waals surface area contributed by atoms with Crippen LogP contribution in [0.15, 0.2) is 102 Å². The summed E-state index contributed by atoms with van der Waals surface area (Å²) >= 11 is 0. The largest absolute Gasteiger partial charge is 0.437 e. The van der Waals surface area contributed by atoms with Crippen LogP contribution >= 0.6 is 0 Å². The number of pyridine rings is 3. The highest BCUT2D eigenvalue weighted by molar-refractivity contribution is 6.16. The molecule has 2 aliphatic rings. The van der Waals surface area contributed by atoms with Gasteiger partial charge in [0.1, 0.15) is 0 Å². The summed E-state index contributed by atoms with van der Waals surface area (Å²) in [6.07, 6.45) is 11.2. The first-order chi connectivity index (χ1) is 21.9. The minimum atomic E-state index is -0.197. The summed E-state index contributed by atoms with van der Waals surface area (Å²) in [5.41, 5.74) is 9.81. The maximum absolute atomic E-state index is 6.84. The number of hydrogen-bond donors (Lipinski definition) is 0. The lowest BCUT2D eigenvalue weighted by Crippen LogP contribution is -2.35. The van der Waals surface area contributed by atoms with Crippen molar-refractivity contribution in [3.63, 3.8) is 0 Å². The second-order valence-corrected chi connectivity index (χ2v) is 12.9. The van der Waals surface area contributed by atoms with E-state index in [-0.39, 0.29) is 5.31 Å². The smallest absolute Gasteiger partial charge is 0.227 e. The molecule has 6 aromatic rings. The summed E-state index contributed by atoms with van der Waals surface area (Å²) in [4.78, 5) is 8.85. The molecular weight excluding hydrogens is 549 g/mol. The lowest BCUT2D eigenvalue weighted by Gasteiger charge is -2.34. The number of nitrogens with zero attached hydrogens (tertiary/aromatic N) is 3. The van der Waals surface area contributed by atoms with E-state index in [9.17, 15) is 0 Å². The third kappa shape index (κ3) is 6.59. The number of benzene rings is 2. The normalized spacial score (nSPS) is 14.7. The molecule has 5 heterocycles. The molecule has 5 heteroatoms. The fraction of sp³-hybridized carbons (Fsp3) is 0.325. The molecule has 0 amide bonds. The van der Waals surface area contributed by atoms with E-state index in [0.29, 0.717) is 0 Å². The van der Waals surface area contributed by atoms with Crippen molar-refractivity contribution in [1.29, 1.82) is 0 Å². The first-order valence-corrected chi connectivity index (χ1v) is 16.5. The number of fused-ring (bicyclic) bond motifs is 7. The maximum atomic E-state index is 6.84. The Hall–Kier alpha value is -4.25. The Kier molecular flexibility index (Phi) is 9.16. The molecule has 0 saturated heterocycles. The van der Waals surface area contributed by atoms with Crippen LogP contribution in [0.3, 0.4) is 0 Å². The molecule has 0 bridgehead atoms. The zero-order valence-electron chi connectivity index (χ0n) is 27.1. The van der Waals surface area contributed by atoms with Gasteiger partial charge in [0, 0.05) is 45.9 Å². The van der Waals surface area contributed by atoms with Crippen LogP contribution in [0.5, 0.6) is 0 Å². The number of aromatic nitrogens is 3. The van der Waals surface area contributed by atoms with Crippen LogP contribution in [0, 0.1) is 12.8 Å². The fourth-order valence-corrected chi connectivity index (χ4v) is 6.26. The van der Waals surface area contributed by atoms with Crippen molar-refractivity contribution in [1.82, 2.24) is 9.97 Å². The van der Waals surface area contributed by atoms with Gasteiger partial charge in [0.25, 0.3) is 0 Å². The van der Waals surface area contributed by atoms with Crippen molar-refractivity contribution < 1.29 is 8.98 Å². The summed E-state index contributed by atoms with van der Waals surface area (Å²) < 4.78 is 8.60. The predicted octanol–water partition coefficient (Wildman–Crippen LogP) is 9.73. The Morgan fingerprint density at radius 3 is 2.33 bits per heavy atom. The Balaban J connectivity index is 0.000000174. The van der Waals surface area contributed by atoms with Crippen LogP contribution in [0.4, 0.5) is 0 Å². The second kappa shape index (κ2) is 13.4. The molecule has 0 spiro atoms. The van der Waals surface area contributed by atoms with Gasteiger partial charge in [0.15, 0.2) is 18.3 Å². The average molecular weight is 593 g/mol. The van der Waals surface area contributed by atoms with Crippen LogP contribution in [0.1, 0.15) is 76.1 Å². The first kappa shape index (κ1) is 30.8. The quantitative estimate of drug-likeness (QED) is 0.152. The fourth-order valence-electron chi connectivity index (χ4n) is 6.26. The molecule has 45 heavy (non-hydrogen) atoms. The number of furan rings is 1. The molecule has 4 aromatic heterocycles. The molecule has 4 nitrogen and oxygen atoms in total. The van der Waals surface area contributed by atoms with E-state index in [2.05, 4.69) is 84.0 Å². The Bertz CT molecular complexity index is 1850. The molecule has 8 rings (SSSR count). The highest BCUT2D eigenvalue weighted by atomic mass is 16.3. The Labute approximate surface area is 269 Å². The zero-order valence-corrected chi connectivity index (χ0v) is 27.1. The monoisotopic (exact) mass is 592 g/mol. The minimum Gasteiger partial charge on any atom is -0.437 e. The molecule has 0 atom stereocenters. The van der Waals surface area contributed by atoms with E-state index in [1.165, 1.54) is 48.1 Å². The molecule has 0 unspecified atom stereocenters. The summed E-state index contributed by atoms with van der Waals surface area (Å²) in [5.74, 6) is 0.884.